The van der Waals surface area contributed by atoms with Crippen LogP contribution in [0, 0.1) is 0 Å². The zero-order valence-electron chi connectivity index (χ0n) is 12.4. The molecule has 0 saturated carbocycles. The minimum Gasteiger partial charge on any atom is -0.460 e. The van der Waals surface area contributed by atoms with E-state index in [-0.39, 0.29) is 24.1 Å². The molecule has 2 aliphatic heterocycles. The van der Waals surface area contributed by atoms with Crippen LogP contribution in [0.2, 0.25) is 0 Å². The van der Waals surface area contributed by atoms with Gasteiger partial charge < -0.3 is 15.4 Å². The van der Waals surface area contributed by atoms with Gasteiger partial charge in [0.1, 0.15) is 5.60 Å². The fourth-order valence-corrected chi connectivity index (χ4v) is 4.19. The van der Waals surface area contributed by atoms with Crippen LogP contribution in [-0.2, 0) is 9.53 Å². The molecule has 0 spiro atoms. The van der Waals surface area contributed by atoms with Crippen LogP contribution < -0.4 is 10.6 Å². The SMILES string of the molecule is CC(C)(C)OC(=O)CCCCC1SCC2NC(=O)NC21. The van der Waals surface area contributed by atoms with E-state index in [0.29, 0.717) is 11.7 Å². The first-order valence-electron chi connectivity index (χ1n) is 7.25. The molecule has 2 N–H and O–H groups in total. The zero-order valence-corrected chi connectivity index (χ0v) is 13.2. The molecule has 2 heterocycles. The van der Waals surface area contributed by atoms with Crippen molar-refractivity contribution in [2.24, 2.45) is 0 Å². The van der Waals surface area contributed by atoms with Crippen molar-refractivity contribution < 1.29 is 14.3 Å². The maximum atomic E-state index is 11.6. The molecule has 2 aliphatic rings. The molecule has 3 atom stereocenters. The summed E-state index contributed by atoms with van der Waals surface area (Å²) in [5.41, 5.74) is -0.397. The molecule has 114 valence electrons. The Hall–Kier alpha value is -0.910. The molecule has 0 aromatic rings. The summed E-state index contributed by atoms with van der Waals surface area (Å²) in [7, 11) is 0. The third-order valence-electron chi connectivity index (χ3n) is 3.48. The number of carbonyl (C=O) groups is 2. The van der Waals surface area contributed by atoms with Crippen LogP contribution in [0.15, 0.2) is 0 Å². The lowest BCUT2D eigenvalue weighted by atomic mass is 10.0. The van der Waals surface area contributed by atoms with Gasteiger partial charge in [-0.2, -0.15) is 11.8 Å². The van der Waals surface area contributed by atoms with Crippen LogP contribution in [0.4, 0.5) is 4.79 Å². The second-order valence-corrected chi connectivity index (χ2v) is 7.73. The number of urea groups is 1. The number of thioether (sulfide) groups is 1. The summed E-state index contributed by atoms with van der Waals surface area (Å²) in [5.74, 6) is 0.866. The summed E-state index contributed by atoms with van der Waals surface area (Å²) in [5, 5.41) is 6.39. The van der Waals surface area contributed by atoms with Crippen molar-refractivity contribution in [3.05, 3.63) is 0 Å². The van der Waals surface area contributed by atoms with Crippen molar-refractivity contribution in [1.82, 2.24) is 10.6 Å². The zero-order chi connectivity index (χ0) is 14.8. The van der Waals surface area contributed by atoms with E-state index in [0.717, 1.165) is 25.0 Å². The van der Waals surface area contributed by atoms with Gasteiger partial charge in [0, 0.05) is 17.4 Å². The topological polar surface area (TPSA) is 67.4 Å². The van der Waals surface area contributed by atoms with Gasteiger partial charge in [0.2, 0.25) is 0 Å². The predicted molar refractivity (Wildman–Crippen MR) is 79.8 cm³/mol. The van der Waals surface area contributed by atoms with Crippen LogP contribution in [0.1, 0.15) is 46.5 Å². The van der Waals surface area contributed by atoms with Gasteiger partial charge in [-0.3, -0.25) is 4.79 Å². The van der Waals surface area contributed by atoms with Gasteiger partial charge in [-0.15, -0.1) is 0 Å². The van der Waals surface area contributed by atoms with Crippen molar-refractivity contribution in [2.45, 2.75) is 69.4 Å². The molecular weight excluding hydrogens is 276 g/mol. The van der Waals surface area contributed by atoms with E-state index >= 15 is 0 Å². The van der Waals surface area contributed by atoms with Gasteiger partial charge in [-0.25, -0.2) is 4.79 Å². The van der Waals surface area contributed by atoms with E-state index in [1.165, 1.54) is 0 Å². The van der Waals surface area contributed by atoms with Crippen LogP contribution in [0.25, 0.3) is 0 Å². The fourth-order valence-electron chi connectivity index (χ4n) is 2.65. The molecule has 0 aliphatic carbocycles. The number of esters is 1. The first kappa shape index (κ1) is 15.5. The Bertz CT molecular complexity index is 381. The monoisotopic (exact) mass is 300 g/mol. The van der Waals surface area contributed by atoms with E-state index < -0.39 is 5.60 Å². The third kappa shape index (κ3) is 4.30. The van der Waals surface area contributed by atoms with Gasteiger partial charge in [0.15, 0.2) is 0 Å². The summed E-state index contributed by atoms with van der Waals surface area (Å²) in [6, 6.07) is 0.497. The van der Waals surface area contributed by atoms with Crippen molar-refractivity contribution in [3.8, 4) is 0 Å². The van der Waals surface area contributed by atoms with Gasteiger partial charge >= 0.3 is 12.0 Å². The summed E-state index contributed by atoms with van der Waals surface area (Å²) in [4.78, 5) is 22.8. The lowest BCUT2D eigenvalue weighted by Crippen LogP contribution is -2.36. The smallest absolute Gasteiger partial charge is 0.315 e. The number of ether oxygens (including phenoxy) is 1. The number of fused-ring (bicyclic) bond motifs is 1. The molecular formula is C14H24N2O3S. The van der Waals surface area contributed by atoms with Crippen molar-refractivity contribution in [3.63, 3.8) is 0 Å². The Morgan fingerprint density at radius 2 is 2.10 bits per heavy atom. The molecule has 3 unspecified atom stereocenters. The second kappa shape index (κ2) is 6.24. The van der Waals surface area contributed by atoms with E-state index in [1.807, 2.05) is 32.5 Å². The first-order chi connectivity index (χ1) is 9.35. The Balaban J connectivity index is 1.62. The Labute approximate surface area is 124 Å². The van der Waals surface area contributed by atoms with Crippen molar-refractivity contribution in [1.29, 1.82) is 0 Å². The standard InChI is InChI=1S/C14H24N2O3S/c1-14(2,3)19-11(17)7-5-4-6-10-12-9(8-20-10)15-13(18)16-12/h9-10,12H,4-8H2,1-3H3,(H2,15,16,18). The van der Waals surface area contributed by atoms with E-state index in [1.54, 1.807) is 0 Å². The number of hydrogen-bond donors (Lipinski definition) is 2. The number of rotatable bonds is 5. The van der Waals surface area contributed by atoms with Crippen LogP contribution in [0.3, 0.4) is 0 Å². The Morgan fingerprint density at radius 1 is 1.35 bits per heavy atom. The minimum atomic E-state index is -0.397. The molecule has 2 rings (SSSR count). The van der Waals surface area contributed by atoms with Crippen LogP contribution >= 0.6 is 11.8 Å². The number of amides is 2. The van der Waals surface area contributed by atoms with Gasteiger partial charge in [-0.05, 0) is 33.6 Å². The average Bonchev–Trinajstić information content (AvgIpc) is 2.82. The number of hydrogen-bond acceptors (Lipinski definition) is 4. The second-order valence-electron chi connectivity index (χ2n) is 6.45. The number of unbranched alkanes of at least 4 members (excludes halogenated alkanes) is 1. The van der Waals surface area contributed by atoms with Crippen molar-refractivity contribution in [2.75, 3.05) is 5.75 Å². The molecule has 0 bridgehead atoms. The normalized spacial score (nSPS) is 28.8. The van der Waals surface area contributed by atoms with Crippen LogP contribution in [0.5, 0.6) is 0 Å². The first-order valence-corrected chi connectivity index (χ1v) is 8.30. The molecule has 5 nitrogen and oxygen atoms in total. The van der Waals surface area contributed by atoms with Crippen molar-refractivity contribution >= 4 is 23.8 Å². The van der Waals surface area contributed by atoms with E-state index in [2.05, 4.69) is 10.6 Å². The molecule has 0 aromatic heterocycles. The average molecular weight is 300 g/mol. The quantitative estimate of drug-likeness (QED) is 0.463. The fraction of sp³-hybridized carbons (Fsp3) is 0.857. The minimum absolute atomic E-state index is 0.0425. The number of nitrogens with one attached hydrogen (secondary N) is 2. The van der Waals surface area contributed by atoms with Gasteiger partial charge in [-0.1, -0.05) is 6.42 Å². The summed E-state index contributed by atoms with van der Waals surface area (Å²) in [6.07, 6.45) is 3.37. The van der Waals surface area contributed by atoms with E-state index in [4.69, 9.17) is 4.74 Å². The summed E-state index contributed by atoms with van der Waals surface area (Å²) >= 11 is 1.91. The Kier molecular flexibility index (Phi) is 4.83. The summed E-state index contributed by atoms with van der Waals surface area (Å²) < 4.78 is 5.28. The maximum Gasteiger partial charge on any atom is 0.315 e. The molecule has 2 fully saturated rings. The summed E-state index contributed by atoms with van der Waals surface area (Å²) in [6.45, 7) is 5.65. The highest BCUT2D eigenvalue weighted by atomic mass is 32.2. The largest absolute Gasteiger partial charge is 0.460 e. The van der Waals surface area contributed by atoms with Gasteiger partial charge in [0.25, 0.3) is 0 Å². The number of carbonyl (C=O) groups excluding carboxylic acids is 2. The molecule has 0 aromatic carbocycles. The Morgan fingerprint density at radius 3 is 2.80 bits per heavy atom. The molecule has 2 saturated heterocycles. The molecule has 20 heavy (non-hydrogen) atoms. The van der Waals surface area contributed by atoms with E-state index in [9.17, 15) is 9.59 Å². The molecule has 2 amide bonds. The predicted octanol–water partition coefficient (Wildman–Crippen LogP) is 2.05. The molecule has 6 heteroatoms. The third-order valence-corrected chi connectivity index (χ3v) is 4.99. The van der Waals surface area contributed by atoms with Gasteiger partial charge in [0.05, 0.1) is 12.1 Å². The van der Waals surface area contributed by atoms with Crippen LogP contribution in [-0.4, -0.2) is 40.7 Å². The highest BCUT2D eigenvalue weighted by molar-refractivity contribution is 8.00. The lowest BCUT2D eigenvalue weighted by Gasteiger charge is -2.20. The lowest BCUT2D eigenvalue weighted by molar-refractivity contribution is -0.154. The maximum absolute atomic E-state index is 11.6. The highest BCUT2D eigenvalue weighted by Crippen LogP contribution is 2.33. The molecule has 0 radical (unpaired) electrons. The highest BCUT2D eigenvalue weighted by Gasteiger charge is 2.42.